The van der Waals surface area contributed by atoms with E-state index in [4.69, 9.17) is 9.84 Å². The maximum Gasteiger partial charge on any atom is 0.255 e. The smallest absolute Gasteiger partial charge is 0.255 e. The normalized spacial score (nSPS) is 12.4. The zero-order chi connectivity index (χ0) is 16.1. The summed E-state index contributed by atoms with van der Waals surface area (Å²) in [6, 6.07) is 3.89. The molecule has 2 aromatic rings. The summed E-state index contributed by atoms with van der Waals surface area (Å²) in [5.41, 5.74) is 2.15. The van der Waals surface area contributed by atoms with E-state index >= 15 is 0 Å². The number of thiophene rings is 1. The molecule has 0 aliphatic heterocycles. The number of rotatable bonds is 7. The van der Waals surface area contributed by atoms with Gasteiger partial charge in [0.2, 0.25) is 0 Å². The maximum absolute atomic E-state index is 12.4. The second-order valence-corrected chi connectivity index (χ2v) is 5.96. The molecule has 0 bridgehead atoms. The van der Waals surface area contributed by atoms with Gasteiger partial charge in [-0.3, -0.25) is 9.48 Å². The van der Waals surface area contributed by atoms with E-state index in [1.165, 1.54) is 0 Å². The third kappa shape index (κ3) is 3.73. The van der Waals surface area contributed by atoms with Gasteiger partial charge >= 0.3 is 0 Å². The highest BCUT2D eigenvalue weighted by Crippen LogP contribution is 2.22. The average molecular weight is 323 g/mol. The zero-order valence-corrected chi connectivity index (χ0v) is 13.8. The maximum atomic E-state index is 12.4. The van der Waals surface area contributed by atoms with Crippen molar-refractivity contribution in [1.29, 1.82) is 0 Å². The molecule has 0 aliphatic carbocycles. The van der Waals surface area contributed by atoms with Gasteiger partial charge in [0.25, 0.3) is 5.91 Å². The third-order valence-electron chi connectivity index (χ3n) is 3.45. The van der Waals surface area contributed by atoms with Crippen LogP contribution < -0.4 is 5.32 Å². The Morgan fingerprint density at radius 2 is 2.32 bits per heavy atom. The number of aliphatic hydroxyl groups excluding tert-OH is 1. The lowest BCUT2D eigenvalue weighted by molar-refractivity contribution is 0.0296. The minimum absolute atomic E-state index is 0.0450. The van der Waals surface area contributed by atoms with Crippen molar-refractivity contribution in [3.8, 4) is 0 Å². The molecule has 2 heterocycles. The van der Waals surface area contributed by atoms with Crippen LogP contribution in [0, 0.1) is 13.8 Å². The SMILES string of the molecule is Cc1nn(C)c(C)c1C(=O)NC[C@H](OCCO)c1cccs1. The predicted octanol–water partition coefficient (Wildman–Crippen LogP) is 1.58. The number of carbonyl (C=O) groups is 1. The second-order valence-electron chi connectivity index (χ2n) is 4.98. The van der Waals surface area contributed by atoms with Crippen molar-refractivity contribution in [3.05, 3.63) is 39.3 Å². The van der Waals surface area contributed by atoms with Gasteiger partial charge in [0, 0.05) is 24.2 Å². The van der Waals surface area contributed by atoms with Crippen molar-refractivity contribution in [3.63, 3.8) is 0 Å². The number of amides is 1. The van der Waals surface area contributed by atoms with Crippen molar-refractivity contribution < 1.29 is 14.6 Å². The standard InChI is InChI=1S/C15H21N3O3S/c1-10-14(11(2)18(3)17-10)15(20)16-9-12(21-7-6-19)13-5-4-8-22-13/h4-5,8,12,19H,6-7,9H2,1-3H3,(H,16,20)/t12-/m0/s1. The molecule has 0 spiro atoms. The van der Waals surface area contributed by atoms with Gasteiger partial charge in [-0.1, -0.05) is 6.07 Å². The molecule has 22 heavy (non-hydrogen) atoms. The monoisotopic (exact) mass is 323 g/mol. The molecule has 0 aromatic carbocycles. The van der Waals surface area contributed by atoms with Gasteiger partial charge in [-0.2, -0.15) is 5.10 Å². The average Bonchev–Trinajstić information content (AvgIpc) is 3.08. The Bertz CT molecular complexity index is 622. The van der Waals surface area contributed by atoms with Crippen molar-refractivity contribution in [2.75, 3.05) is 19.8 Å². The number of hydrogen-bond donors (Lipinski definition) is 2. The summed E-state index contributed by atoms with van der Waals surface area (Å²) in [4.78, 5) is 13.4. The lowest BCUT2D eigenvalue weighted by atomic mass is 10.2. The molecule has 1 amide bonds. The molecule has 1 atom stereocenters. The summed E-state index contributed by atoms with van der Waals surface area (Å²) in [7, 11) is 1.82. The Labute approximate surface area is 133 Å². The molecule has 0 fully saturated rings. The van der Waals surface area contributed by atoms with Gasteiger partial charge in [-0.25, -0.2) is 0 Å². The fraction of sp³-hybridized carbons (Fsp3) is 0.467. The Morgan fingerprint density at radius 3 is 2.86 bits per heavy atom. The van der Waals surface area contributed by atoms with Gasteiger partial charge in [-0.05, 0) is 25.3 Å². The van der Waals surface area contributed by atoms with Gasteiger partial charge in [0.1, 0.15) is 6.10 Å². The van der Waals surface area contributed by atoms with Crippen molar-refractivity contribution >= 4 is 17.2 Å². The van der Waals surface area contributed by atoms with Crippen LogP contribution in [0.2, 0.25) is 0 Å². The van der Waals surface area contributed by atoms with Gasteiger partial charge in [0.15, 0.2) is 0 Å². The van der Waals surface area contributed by atoms with E-state index in [1.807, 2.05) is 38.4 Å². The lowest BCUT2D eigenvalue weighted by Gasteiger charge is -2.17. The van der Waals surface area contributed by atoms with Gasteiger partial charge in [-0.15, -0.1) is 11.3 Å². The van der Waals surface area contributed by atoms with Crippen LogP contribution in [0.5, 0.6) is 0 Å². The molecule has 0 saturated carbocycles. The van der Waals surface area contributed by atoms with Crippen LogP contribution in [0.15, 0.2) is 17.5 Å². The number of nitrogens with zero attached hydrogens (tertiary/aromatic N) is 2. The number of carbonyl (C=O) groups excluding carboxylic acids is 1. The number of aromatic nitrogens is 2. The first-order valence-electron chi connectivity index (χ1n) is 7.08. The summed E-state index contributed by atoms with van der Waals surface area (Å²) in [5.74, 6) is -0.155. The first kappa shape index (κ1) is 16.7. The van der Waals surface area contributed by atoms with Crippen LogP contribution in [0.1, 0.15) is 32.7 Å². The predicted molar refractivity (Wildman–Crippen MR) is 85.1 cm³/mol. The van der Waals surface area contributed by atoms with E-state index in [0.717, 1.165) is 10.6 Å². The first-order chi connectivity index (χ1) is 10.5. The molecule has 2 rings (SSSR count). The fourth-order valence-corrected chi connectivity index (χ4v) is 3.06. The number of nitrogens with one attached hydrogen (secondary N) is 1. The zero-order valence-electron chi connectivity index (χ0n) is 13.0. The second kappa shape index (κ2) is 7.53. The highest BCUT2D eigenvalue weighted by atomic mass is 32.1. The molecule has 0 unspecified atom stereocenters. The van der Waals surface area contributed by atoms with Crippen molar-refractivity contribution in [1.82, 2.24) is 15.1 Å². The van der Waals surface area contributed by atoms with E-state index < -0.39 is 0 Å². The fourth-order valence-electron chi connectivity index (χ4n) is 2.29. The number of aryl methyl sites for hydroxylation is 2. The van der Waals surface area contributed by atoms with Gasteiger partial charge in [0.05, 0.1) is 24.5 Å². The molecule has 2 aromatic heterocycles. The molecule has 2 N–H and O–H groups in total. The van der Waals surface area contributed by atoms with Crippen LogP contribution in [0.3, 0.4) is 0 Å². The Kier molecular flexibility index (Phi) is 5.70. The lowest BCUT2D eigenvalue weighted by Crippen LogP contribution is -2.30. The molecular weight excluding hydrogens is 302 g/mol. The molecule has 0 saturated heterocycles. The van der Waals surface area contributed by atoms with E-state index in [-0.39, 0.29) is 25.2 Å². The summed E-state index contributed by atoms with van der Waals surface area (Å²) in [6.45, 7) is 4.24. The van der Waals surface area contributed by atoms with Crippen molar-refractivity contribution in [2.45, 2.75) is 20.0 Å². The van der Waals surface area contributed by atoms with Crippen LogP contribution in [0.25, 0.3) is 0 Å². The minimum Gasteiger partial charge on any atom is -0.394 e. The van der Waals surface area contributed by atoms with E-state index in [9.17, 15) is 4.79 Å². The van der Waals surface area contributed by atoms with Crippen molar-refractivity contribution in [2.24, 2.45) is 7.05 Å². The minimum atomic E-state index is -0.256. The summed E-state index contributed by atoms with van der Waals surface area (Å²) < 4.78 is 7.31. The molecule has 6 nitrogen and oxygen atoms in total. The Morgan fingerprint density at radius 1 is 1.55 bits per heavy atom. The van der Waals surface area contributed by atoms with Crippen LogP contribution in [-0.2, 0) is 11.8 Å². The number of ether oxygens (including phenoxy) is 1. The van der Waals surface area contributed by atoms with Crippen LogP contribution in [0.4, 0.5) is 0 Å². The molecule has 0 aliphatic rings. The largest absolute Gasteiger partial charge is 0.394 e. The first-order valence-corrected chi connectivity index (χ1v) is 7.96. The molecule has 120 valence electrons. The third-order valence-corrected chi connectivity index (χ3v) is 4.42. The molecule has 7 heteroatoms. The molecule has 0 radical (unpaired) electrons. The number of aliphatic hydroxyl groups is 1. The molecular formula is C15H21N3O3S. The van der Waals surface area contributed by atoms with E-state index in [2.05, 4.69) is 10.4 Å². The summed E-state index contributed by atoms with van der Waals surface area (Å²) >= 11 is 1.56. The van der Waals surface area contributed by atoms with E-state index in [0.29, 0.717) is 17.8 Å². The highest BCUT2D eigenvalue weighted by molar-refractivity contribution is 7.10. The van der Waals surface area contributed by atoms with Crippen LogP contribution in [-0.4, -0.2) is 40.6 Å². The van der Waals surface area contributed by atoms with E-state index in [1.54, 1.807) is 16.0 Å². The van der Waals surface area contributed by atoms with Gasteiger partial charge < -0.3 is 15.2 Å². The number of hydrogen-bond acceptors (Lipinski definition) is 5. The summed E-state index contributed by atoms with van der Waals surface area (Å²) in [5, 5.41) is 18.0. The topological polar surface area (TPSA) is 76.4 Å². The Hall–Kier alpha value is -1.70. The summed E-state index contributed by atoms with van der Waals surface area (Å²) in [6.07, 6.45) is -0.256. The van der Waals surface area contributed by atoms with Crippen LogP contribution >= 0.6 is 11.3 Å². The highest BCUT2D eigenvalue weighted by Gasteiger charge is 2.20. The Balaban J connectivity index is 2.04. The quantitative estimate of drug-likeness (QED) is 0.811.